The molecule has 0 rings (SSSR count). The summed E-state index contributed by atoms with van der Waals surface area (Å²) < 4.78 is 0. The first-order valence-corrected chi connectivity index (χ1v) is 2.68. The Bertz CT molecular complexity index is 92.6. The van der Waals surface area contributed by atoms with Crippen LogP contribution in [0.1, 0.15) is 27.2 Å². The summed E-state index contributed by atoms with van der Waals surface area (Å²) in [6.07, 6.45) is 3.06. The van der Waals surface area contributed by atoms with Gasteiger partial charge in [-0.2, -0.15) is 0 Å². The summed E-state index contributed by atoms with van der Waals surface area (Å²) in [7, 11) is 0. The second-order valence-corrected chi connectivity index (χ2v) is 1.57. The van der Waals surface area contributed by atoms with Crippen LogP contribution in [0.15, 0.2) is 17.4 Å². The van der Waals surface area contributed by atoms with Crippen LogP contribution in [0.4, 0.5) is 0 Å². The van der Waals surface area contributed by atoms with Gasteiger partial charge in [-0.3, -0.25) is 0 Å². The molecule has 0 aliphatic rings. The molecule has 0 heteroatoms. The Morgan fingerprint density at radius 3 is 2.43 bits per heavy atom. The lowest BCUT2D eigenvalue weighted by Gasteiger charge is -1.81. The van der Waals surface area contributed by atoms with E-state index >= 15 is 0 Å². The van der Waals surface area contributed by atoms with Crippen LogP contribution in [-0.2, 0) is 0 Å². The van der Waals surface area contributed by atoms with Crippen molar-refractivity contribution in [3.8, 4) is 0 Å². The van der Waals surface area contributed by atoms with Crippen molar-refractivity contribution in [1.82, 2.24) is 0 Å². The van der Waals surface area contributed by atoms with E-state index in [0.29, 0.717) is 0 Å². The van der Waals surface area contributed by atoms with Gasteiger partial charge in [-0.1, -0.05) is 6.92 Å². The van der Waals surface area contributed by atoms with E-state index in [-0.39, 0.29) is 0 Å². The van der Waals surface area contributed by atoms with Crippen LogP contribution >= 0.6 is 0 Å². The molecule has 0 saturated carbocycles. The van der Waals surface area contributed by atoms with Crippen molar-refractivity contribution in [2.45, 2.75) is 27.2 Å². The quantitative estimate of drug-likeness (QED) is 0.440. The van der Waals surface area contributed by atoms with Gasteiger partial charge in [0.1, 0.15) is 0 Å². The first-order valence-electron chi connectivity index (χ1n) is 2.68. The highest BCUT2D eigenvalue weighted by Gasteiger charge is 1.73. The topological polar surface area (TPSA) is 0 Å². The van der Waals surface area contributed by atoms with Crippen LogP contribution in [0.3, 0.4) is 0 Å². The highest BCUT2D eigenvalue weighted by Crippen LogP contribution is 1.92. The molecule has 0 nitrogen and oxygen atoms in total. The first kappa shape index (κ1) is 6.52. The zero-order valence-corrected chi connectivity index (χ0v) is 5.28. The van der Waals surface area contributed by atoms with Crippen molar-refractivity contribution >= 4 is 0 Å². The molecule has 0 aromatic heterocycles. The van der Waals surface area contributed by atoms with Crippen LogP contribution in [0.5, 0.6) is 0 Å². The molecule has 0 bridgehead atoms. The van der Waals surface area contributed by atoms with Gasteiger partial charge in [0.05, 0.1) is 0 Å². The molecule has 0 aromatic carbocycles. The van der Waals surface area contributed by atoms with Gasteiger partial charge in [-0.05, 0) is 31.9 Å². The molecule has 0 aromatic rings. The van der Waals surface area contributed by atoms with E-state index < -0.39 is 0 Å². The third-order valence-corrected chi connectivity index (χ3v) is 0.921. The van der Waals surface area contributed by atoms with Crippen LogP contribution in [0, 0.1) is 0 Å². The lowest BCUT2D eigenvalue weighted by Crippen LogP contribution is -1.62. The summed E-state index contributed by atoms with van der Waals surface area (Å²) >= 11 is 0. The maximum atomic E-state index is 3.09. The Kier molecular flexibility index (Phi) is 3.45. The van der Waals surface area contributed by atoms with Gasteiger partial charge in [0.25, 0.3) is 0 Å². The predicted molar refractivity (Wildman–Crippen MR) is 33.2 cm³/mol. The lowest BCUT2D eigenvalue weighted by atomic mass is 10.2. The number of hydrogen-bond donors (Lipinski definition) is 0. The van der Waals surface area contributed by atoms with Crippen molar-refractivity contribution in [3.63, 3.8) is 0 Å². The summed E-state index contributed by atoms with van der Waals surface area (Å²) in [6, 6.07) is 0. The minimum absolute atomic E-state index is 1.12. The van der Waals surface area contributed by atoms with Crippen molar-refractivity contribution in [3.05, 3.63) is 17.4 Å². The fraction of sp³-hybridized carbons (Fsp3) is 0.571. The van der Waals surface area contributed by atoms with E-state index in [4.69, 9.17) is 0 Å². The maximum Gasteiger partial charge on any atom is -0.0275 e. The highest BCUT2D eigenvalue weighted by atomic mass is 13.8. The van der Waals surface area contributed by atoms with Crippen molar-refractivity contribution < 1.29 is 0 Å². The van der Waals surface area contributed by atoms with Gasteiger partial charge in [0.15, 0.2) is 0 Å². The summed E-state index contributed by atoms with van der Waals surface area (Å²) in [5.74, 6) is 0. The average molecular weight is 96.2 g/mol. The maximum absolute atomic E-state index is 3.09. The first-order chi connectivity index (χ1) is 3.31. The minimum Gasteiger partial charge on any atom is -0.127 e. The molecular formula is C7H12. The van der Waals surface area contributed by atoms with Gasteiger partial charge in [-0.25, -0.2) is 0 Å². The fourth-order valence-electron chi connectivity index (χ4n) is 0.348. The molecular weight excluding hydrogens is 84.1 g/mol. The Morgan fingerprint density at radius 2 is 2.29 bits per heavy atom. The van der Waals surface area contributed by atoms with Crippen molar-refractivity contribution in [2.24, 2.45) is 0 Å². The predicted octanol–water partition coefficient (Wildman–Crippen LogP) is 2.52. The van der Waals surface area contributed by atoms with E-state index in [9.17, 15) is 0 Å². The molecule has 0 N–H and O–H groups in total. The Hall–Kier alpha value is -0.480. The largest absolute Gasteiger partial charge is 0.127 e. The van der Waals surface area contributed by atoms with E-state index in [1.165, 1.54) is 5.57 Å². The average Bonchev–Trinajstić information content (AvgIpc) is 1.68. The number of rotatable bonds is 1. The van der Waals surface area contributed by atoms with Crippen molar-refractivity contribution in [2.75, 3.05) is 0 Å². The van der Waals surface area contributed by atoms with Gasteiger partial charge in [0.2, 0.25) is 0 Å². The fourth-order valence-corrected chi connectivity index (χ4v) is 0.348. The molecule has 0 spiro atoms. The molecule has 0 fully saturated rings. The van der Waals surface area contributed by atoms with Crippen molar-refractivity contribution in [1.29, 1.82) is 0 Å². The van der Waals surface area contributed by atoms with Gasteiger partial charge in [-0.15, -0.1) is 5.73 Å². The molecule has 7 heavy (non-hydrogen) atoms. The summed E-state index contributed by atoms with van der Waals surface area (Å²) in [5.41, 5.74) is 4.41. The molecule has 40 valence electrons. The molecule has 0 heterocycles. The third kappa shape index (κ3) is 3.35. The smallest absolute Gasteiger partial charge is 0.0275 e. The third-order valence-electron chi connectivity index (χ3n) is 0.921. The van der Waals surface area contributed by atoms with E-state index in [2.05, 4.69) is 19.6 Å². The van der Waals surface area contributed by atoms with Gasteiger partial charge < -0.3 is 0 Å². The molecule has 0 aliphatic carbocycles. The van der Waals surface area contributed by atoms with Crippen LogP contribution < -0.4 is 0 Å². The second-order valence-electron chi connectivity index (χ2n) is 1.57. The zero-order chi connectivity index (χ0) is 5.70. The van der Waals surface area contributed by atoms with E-state index in [1.807, 2.05) is 13.0 Å². The minimum atomic E-state index is 1.12. The second kappa shape index (κ2) is 3.70. The standard InChI is InChI=1S/C7H12/c1-4-6-7(3)5-2/h4H,5H2,1-3H3. The molecule has 0 radical (unpaired) electrons. The van der Waals surface area contributed by atoms with E-state index in [0.717, 1.165) is 6.42 Å². The lowest BCUT2D eigenvalue weighted by molar-refractivity contribution is 1.10. The van der Waals surface area contributed by atoms with E-state index in [1.54, 1.807) is 0 Å². The number of allylic oxidation sites excluding steroid dienone is 1. The van der Waals surface area contributed by atoms with Crippen LogP contribution in [0.25, 0.3) is 0 Å². The Morgan fingerprint density at radius 1 is 1.71 bits per heavy atom. The normalized spacial score (nSPS) is 7.29. The molecule has 0 unspecified atom stereocenters. The molecule has 0 amide bonds. The monoisotopic (exact) mass is 96.1 g/mol. The molecule has 0 saturated heterocycles. The van der Waals surface area contributed by atoms with Gasteiger partial charge >= 0.3 is 0 Å². The van der Waals surface area contributed by atoms with Gasteiger partial charge in [0, 0.05) is 0 Å². The zero-order valence-electron chi connectivity index (χ0n) is 5.28. The summed E-state index contributed by atoms with van der Waals surface area (Å²) in [6.45, 7) is 6.20. The van der Waals surface area contributed by atoms with Crippen LogP contribution in [-0.4, -0.2) is 0 Å². The summed E-state index contributed by atoms with van der Waals surface area (Å²) in [4.78, 5) is 0. The highest BCUT2D eigenvalue weighted by molar-refractivity contribution is 4.95. The molecule has 0 aliphatic heterocycles. The number of hydrogen-bond acceptors (Lipinski definition) is 0. The SMILES string of the molecule is CC=C=C(C)CC. The Labute approximate surface area is 45.5 Å². The molecule has 0 atom stereocenters. The van der Waals surface area contributed by atoms with Crippen LogP contribution in [0.2, 0.25) is 0 Å². The summed E-state index contributed by atoms with van der Waals surface area (Å²) in [5, 5.41) is 0. The Balaban J connectivity index is 3.74.